The van der Waals surface area contributed by atoms with Crippen LogP contribution < -0.4 is 4.90 Å². The highest BCUT2D eigenvalue weighted by molar-refractivity contribution is 6.46. The predicted molar refractivity (Wildman–Crippen MR) is 127 cm³/mol. The number of aromatic nitrogens is 1. The van der Waals surface area contributed by atoms with Crippen molar-refractivity contribution >= 4 is 34.0 Å². The molecule has 0 bridgehead atoms. The summed E-state index contributed by atoms with van der Waals surface area (Å²) in [5, 5.41) is 12.2. The molecule has 2 atom stereocenters. The number of ether oxygens (including phenoxy) is 1. The summed E-state index contributed by atoms with van der Waals surface area (Å²) in [5.41, 5.74) is 3.25. The Morgan fingerprint density at radius 2 is 1.91 bits per heavy atom. The van der Waals surface area contributed by atoms with Gasteiger partial charge >= 0.3 is 0 Å². The summed E-state index contributed by atoms with van der Waals surface area (Å²) in [6, 6.07) is 14.6. The average molecular weight is 446 g/mol. The molecule has 0 saturated carbocycles. The number of para-hydroxylation sites is 1. The lowest BCUT2D eigenvalue weighted by molar-refractivity contribution is -0.140. The van der Waals surface area contributed by atoms with Gasteiger partial charge in [-0.25, -0.2) is 0 Å². The Hall–Kier alpha value is -3.58. The molecule has 7 nitrogen and oxygen atoms in total. The lowest BCUT2D eigenvalue weighted by Crippen LogP contribution is -2.36. The number of aliphatic hydroxyl groups is 1. The first-order chi connectivity index (χ1) is 16.0. The molecule has 0 aliphatic carbocycles. The zero-order chi connectivity index (χ0) is 23.1. The van der Waals surface area contributed by atoms with E-state index in [0.717, 1.165) is 35.0 Å². The smallest absolute Gasteiger partial charge is 0.295 e. The molecule has 3 aromatic rings. The van der Waals surface area contributed by atoms with Crippen LogP contribution in [-0.2, 0) is 14.3 Å². The SMILES string of the molecule is CN(C)c1ccc(C2/C(=C(/O)c3c[nH]c4ccccc34)C(=O)C(=O)N2CC2CCCO2)cc1. The number of amides is 1. The van der Waals surface area contributed by atoms with Gasteiger partial charge in [0.2, 0.25) is 0 Å². The minimum absolute atomic E-state index is 0.111. The third kappa shape index (κ3) is 3.68. The van der Waals surface area contributed by atoms with Crippen molar-refractivity contribution in [2.45, 2.75) is 25.0 Å². The summed E-state index contributed by atoms with van der Waals surface area (Å²) in [4.78, 5) is 33.1. The Kier molecular flexibility index (Phi) is 5.42. The van der Waals surface area contributed by atoms with Gasteiger partial charge in [0, 0.05) is 55.6 Å². The summed E-state index contributed by atoms with van der Waals surface area (Å²) >= 11 is 0. The molecule has 170 valence electrons. The number of nitrogens with zero attached hydrogens (tertiary/aromatic N) is 2. The number of aromatic amines is 1. The molecule has 2 saturated heterocycles. The zero-order valence-corrected chi connectivity index (χ0v) is 18.7. The van der Waals surface area contributed by atoms with Crippen molar-refractivity contribution in [2.75, 3.05) is 32.1 Å². The number of benzene rings is 2. The average Bonchev–Trinajstić information content (AvgIpc) is 3.54. The molecule has 0 radical (unpaired) electrons. The number of anilines is 1. The number of fused-ring (bicyclic) bond motifs is 1. The molecular formula is C26H27N3O4. The lowest BCUT2D eigenvalue weighted by Gasteiger charge is -2.27. The van der Waals surface area contributed by atoms with Gasteiger partial charge in [0.25, 0.3) is 11.7 Å². The van der Waals surface area contributed by atoms with Crippen molar-refractivity contribution in [3.63, 3.8) is 0 Å². The number of carbonyl (C=O) groups excluding carboxylic acids is 2. The van der Waals surface area contributed by atoms with Crippen molar-refractivity contribution in [1.29, 1.82) is 0 Å². The number of ketones is 1. The monoisotopic (exact) mass is 445 g/mol. The number of carbonyl (C=O) groups is 2. The number of aliphatic hydroxyl groups excluding tert-OH is 1. The van der Waals surface area contributed by atoms with Crippen molar-refractivity contribution in [3.05, 3.63) is 71.4 Å². The summed E-state index contributed by atoms with van der Waals surface area (Å²) in [5.74, 6) is -1.44. The van der Waals surface area contributed by atoms with Crippen LogP contribution in [0.5, 0.6) is 0 Å². The first kappa shape index (κ1) is 21.3. The van der Waals surface area contributed by atoms with E-state index >= 15 is 0 Å². The number of likely N-dealkylation sites (tertiary alicyclic amines) is 1. The van der Waals surface area contributed by atoms with Gasteiger partial charge in [0.1, 0.15) is 5.76 Å². The molecule has 2 aromatic carbocycles. The first-order valence-electron chi connectivity index (χ1n) is 11.2. The van der Waals surface area contributed by atoms with E-state index < -0.39 is 17.7 Å². The number of nitrogens with one attached hydrogen (secondary N) is 1. The molecule has 7 heteroatoms. The first-order valence-corrected chi connectivity index (χ1v) is 11.2. The van der Waals surface area contributed by atoms with Crippen LogP contribution >= 0.6 is 0 Å². The summed E-state index contributed by atoms with van der Waals surface area (Å²) in [6.45, 7) is 0.974. The highest BCUT2D eigenvalue weighted by Gasteiger charge is 2.47. The maximum atomic E-state index is 13.3. The van der Waals surface area contributed by atoms with E-state index in [4.69, 9.17) is 4.74 Å². The normalized spacial score (nSPS) is 22.4. The van der Waals surface area contributed by atoms with Gasteiger partial charge in [-0.05, 0) is 36.6 Å². The highest BCUT2D eigenvalue weighted by atomic mass is 16.5. The van der Waals surface area contributed by atoms with Crippen LogP contribution in [0, 0.1) is 0 Å². The third-order valence-corrected chi connectivity index (χ3v) is 6.53. The third-order valence-electron chi connectivity index (χ3n) is 6.53. The van der Waals surface area contributed by atoms with E-state index in [1.807, 2.05) is 67.5 Å². The predicted octanol–water partition coefficient (Wildman–Crippen LogP) is 3.83. The van der Waals surface area contributed by atoms with Gasteiger partial charge in [0.05, 0.1) is 17.7 Å². The standard InChI is InChI=1S/C26H27N3O4/c1-28(2)17-11-9-16(10-12-17)23-22(24(30)20-14-27-21-8-4-3-7-19(20)21)25(31)26(32)29(23)15-18-6-5-13-33-18/h3-4,7-12,14,18,23,27,30H,5-6,13,15H2,1-2H3/b24-22-. The van der Waals surface area contributed by atoms with Crippen LogP contribution in [0.3, 0.4) is 0 Å². The molecule has 1 amide bonds. The molecular weight excluding hydrogens is 418 g/mol. The molecule has 3 heterocycles. The largest absolute Gasteiger partial charge is 0.507 e. The van der Waals surface area contributed by atoms with Crippen LogP contribution in [0.4, 0.5) is 5.69 Å². The van der Waals surface area contributed by atoms with Gasteiger partial charge < -0.3 is 24.6 Å². The fourth-order valence-electron chi connectivity index (χ4n) is 4.79. The van der Waals surface area contributed by atoms with Gasteiger partial charge in [-0.15, -0.1) is 0 Å². The maximum Gasteiger partial charge on any atom is 0.295 e. The van der Waals surface area contributed by atoms with Crippen LogP contribution in [0.2, 0.25) is 0 Å². The number of hydrogen-bond acceptors (Lipinski definition) is 5. The highest BCUT2D eigenvalue weighted by Crippen LogP contribution is 2.41. The van der Waals surface area contributed by atoms with Crippen molar-refractivity contribution < 1.29 is 19.4 Å². The number of hydrogen-bond donors (Lipinski definition) is 2. The number of rotatable bonds is 5. The Morgan fingerprint density at radius 3 is 2.61 bits per heavy atom. The summed E-state index contributed by atoms with van der Waals surface area (Å²) in [7, 11) is 3.91. The quantitative estimate of drug-likeness (QED) is 0.354. The molecule has 0 spiro atoms. The summed E-state index contributed by atoms with van der Waals surface area (Å²) < 4.78 is 5.76. The Balaban J connectivity index is 1.64. The van der Waals surface area contributed by atoms with Crippen molar-refractivity contribution in [3.8, 4) is 0 Å². The van der Waals surface area contributed by atoms with Crippen LogP contribution in [0.1, 0.15) is 30.0 Å². The van der Waals surface area contributed by atoms with Crippen LogP contribution in [0.15, 0.2) is 60.3 Å². The molecule has 2 unspecified atom stereocenters. The second-order valence-corrected chi connectivity index (χ2v) is 8.82. The molecule has 2 fully saturated rings. The van der Waals surface area contributed by atoms with E-state index in [1.165, 1.54) is 0 Å². The van der Waals surface area contributed by atoms with Crippen LogP contribution in [-0.4, -0.2) is 60.0 Å². The molecule has 1 aromatic heterocycles. The number of Topliss-reactive ketones (excluding diaryl/α,β-unsaturated/α-hetero) is 1. The van der Waals surface area contributed by atoms with Gasteiger partial charge in [-0.2, -0.15) is 0 Å². The van der Waals surface area contributed by atoms with E-state index in [0.29, 0.717) is 18.7 Å². The van der Waals surface area contributed by atoms with E-state index in [-0.39, 0.29) is 17.4 Å². The van der Waals surface area contributed by atoms with E-state index in [1.54, 1.807) is 11.1 Å². The van der Waals surface area contributed by atoms with Gasteiger partial charge in [0.15, 0.2) is 0 Å². The molecule has 33 heavy (non-hydrogen) atoms. The van der Waals surface area contributed by atoms with Gasteiger partial charge in [-0.1, -0.05) is 30.3 Å². The topological polar surface area (TPSA) is 85.9 Å². The van der Waals surface area contributed by atoms with Gasteiger partial charge in [-0.3, -0.25) is 9.59 Å². The Labute approximate surface area is 192 Å². The second kappa shape index (κ2) is 8.41. The minimum atomic E-state index is -0.681. The Bertz CT molecular complexity index is 1240. The van der Waals surface area contributed by atoms with E-state index in [9.17, 15) is 14.7 Å². The van der Waals surface area contributed by atoms with Crippen molar-refractivity contribution in [2.24, 2.45) is 0 Å². The number of H-pyrrole nitrogens is 1. The fourth-order valence-corrected chi connectivity index (χ4v) is 4.79. The molecule has 5 rings (SSSR count). The van der Waals surface area contributed by atoms with E-state index in [2.05, 4.69) is 4.98 Å². The molecule has 2 N–H and O–H groups in total. The lowest BCUT2D eigenvalue weighted by atomic mass is 9.94. The van der Waals surface area contributed by atoms with Crippen molar-refractivity contribution in [1.82, 2.24) is 9.88 Å². The fraction of sp³-hybridized carbons (Fsp3) is 0.308. The minimum Gasteiger partial charge on any atom is -0.507 e. The maximum absolute atomic E-state index is 13.3. The second-order valence-electron chi connectivity index (χ2n) is 8.82. The molecule has 2 aliphatic rings. The molecule has 2 aliphatic heterocycles. The van der Waals surface area contributed by atoms with Crippen LogP contribution in [0.25, 0.3) is 16.7 Å². The zero-order valence-electron chi connectivity index (χ0n) is 18.7. The summed E-state index contributed by atoms with van der Waals surface area (Å²) in [6.07, 6.45) is 3.35. The Morgan fingerprint density at radius 1 is 1.15 bits per heavy atom.